The van der Waals surface area contributed by atoms with Gasteiger partial charge in [-0.15, -0.1) is 0 Å². The molecule has 6 N–H and O–H groups in total. The summed E-state index contributed by atoms with van der Waals surface area (Å²) in [6.45, 7) is 7.10. The molecule has 0 fully saturated rings. The van der Waals surface area contributed by atoms with Gasteiger partial charge in [-0.2, -0.15) is 0 Å². The summed E-state index contributed by atoms with van der Waals surface area (Å²) >= 11 is 0. The van der Waals surface area contributed by atoms with Crippen LogP contribution in [0.15, 0.2) is 54.7 Å². The van der Waals surface area contributed by atoms with E-state index in [1.54, 1.807) is 24.4 Å². The maximum atomic E-state index is 13.0. The van der Waals surface area contributed by atoms with E-state index >= 15 is 0 Å². The number of benzene rings is 2. The fourth-order valence-corrected chi connectivity index (χ4v) is 3.51. The van der Waals surface area contributed by atoms with Crippen molar-refractivity contribution in [2.45, 2.75) is 32.7 Å². The van der Waals surface area contributed by atoms with Crippen molar-refractivity contribution in [3.63, 3.8) is 0 Å². The highest BCUT2D eigenvalue weighted by atomic mass is 16.1. The van der Waals surface area contributed by atoms with Crippen molar-refractivity contribution in [3.05, 3.63) is 71.4 Å². The number of hydrogen-bond acceptors (Lipinski definition) is 6. The molecule has 7 heteroatoms. The molecule has 30 heavy (non-hydrogen) atoms. The van der Waals surface area contributed by atoms with Crippen LogP contribution in [0.3, 0.4) is 0 Å². The van der Waals surface area contributed by atoms with Crippen LogP contribution in [0.25, 0.3) is 0 Å². The maximum absolute atomic E-state index is 13.0. The van der Waals surface area contributed by atoms with E-state index in [1.807, 2.05) is 30.3 Å². The highest BCUT2D eigenvalue weighted by Gasteiger charge is 2.18. The van der Waals surface area contributed by atoms with Crippen LogP contribution in [0.5, 0.6) is 0 Å². The van der Waals surface area contributed by atoms with Gasteiger partial charge in [-0.25, -0.2) is 10.4 Å². The third-order valence-corrected chi connectivity index (χ3v) is 5.04. The average molecular weight is 403 g/mol. The number of rotatable bonds is 4. The van der Waals surface area contributed by atoms with Crippen molar-refractivity contribution in [2.24, 2.45) is 0 Å². The zero-order valence-corrected chi connectivity index (χ0v) is 17.3. The van der Waals surface area contributed by atoms with E-state index in [0.717, 1.165) is 23.5 Å². The molecule has 1 aliphatic heterocycles. The second-order valence-corrected chi connectivity index (χ2v) is 8.38. The number of carbonyl (C=O) groups is 1. The minimum Gasteiger partial charge on any atom is -0.398 e. The van der Waals surface area contributed by atoms with Crippen LogP contribution >= 0.6 is 0 Å². The van der Waals surface area contributed by atoms with Gasteiger partial charge in [-0.05, 0) is 52.9 Å². The second-order valence-electron chi connectivity index (χ2n) is 8.38. The molecular weight excluding hydrogens is 376 g/mol. The van der Waals surface area contributed by atoms with Gasteiger partial charge in [-0.3, -0.25) is 4.79 Å². The first kappa shape index (κ1) is 19.7. The molecule has 3 aromatic rings. The van der Waals surface area contributed by atoms with Crippen molar-refractivity contribution in [1.29, 1.82) is 0 Å². The Morgan fingerprint density at radius 1 is 1.10 bits per heavy atom. The third-order valence-electron chi connectivity index (χ3n) is 5.04. The number of hydrogen-bond donors (Lipinski definition) is 5. The van der Waals surface area contributed by atoms with E-state index in [2.05, 4.69) is 47.2 Å². The molecule has 1 aliphatic rings. The lowest BCUT2D eigenvalue weighted by Gasteiger charge is -2.21. The number of anilines is 5. The summed E-state index contributed by atoms with van der Waals surface area (Å²) in [6.07, 6.45) is 1.66. The molecule has 4 rings (SSSR count). The molecule has 0 aliphatic carbocycles. The molecule has 0 radical (unpaired) electrons. The number of nitrogens with zero attached hydrogens (tertiary/aromatic N) is 1. The summed E-state index contributed by atoms with van der Waals surface area (Å²) in [6, 6.07) is 15.1. The number of nitrogens with two attached hydrogens (primary N) is 1. The lowest BCUT2D eigenvalue weighted by Crippen LogP contribution is -2.17. The Labute approximate surface area is 176 Å². The van der Waals surface area contributed by atoms with E-state index in [0.29, 0.717) is 22.8 Å². The number of hydrazine groups is 1. The van der Waals surface area contributed by atoms with E-state index in [4.69, 9.17) is 5.73 Å². The fraction of sp³-hybridized carbons (Fsp3) is 0.217. The first-order valence-corrected chi connectivity index (χ1v) is 9.86. The number of fused-ring (bicyclic) bond motifs is 1. The summed E-state index contributed by atoms with van der Waals surface area (Å²) in [7, 11) is 0. The summed E-state index contributed by atoms with van der Waals surface area (Å²) in [5.74, 6) is 0.231. The van der Waals surface area contributed by atoms with Crippen LogP contribution in [-0.4, -0.2) is 10.9 Å². The second kappa shape index (κ2) is 7.68. The molecule has 1 amide bonds. The van der Waals surface area contributed by atoms with Crippen LogP contribution in [0.4, 0.5) is 28.6 Å². The van der Waals surface area contributed by atoms with Crippen LogP contribution in [0.1, 0.15) is 42.3 Å². The Balaban J connectivity index is 1.55. The van der Waals surface area contributed by atoms with Gasteiger partial charge >= 0.3 is 0 Å². The number of carbonyl (C=O) groups excluding carboxylic acids is 1. The first-order chi connectivity index (χ1) is 14.3. The number of nitrogens with one attached hydrogen (secondary N) is 4. The quantitative estimate of drug-likeness (QED) is 0.415. The largest absolute Gasteiger partial charge is 0.398 e. The predicted octanol–water partition coefficient (Wildman–Crippen LogP) is 4.39. The van der Waals surface area contributed by atoms with E-state index < -0.39 is 0 Å². The Kier molecular flexibility index (Phi) is 5.05. The molecule has 7 nitrogen and oxygen atoms in total. The number of pyridine rings is 1. The number of aromatic nitrogens is 1. The van der Waals surface area contributed by atoms with E-state index in [9.17, 15) is 4.79 Å². The van der Waals surface area contributed by atoms with Gasteiger partial charge in [0.1, 0.15) is 5.82 Å². The standard InChI is InChI=1S/C23H26N6O/c1-23(2,3)18-9-8-15(11-19(18)24)28-22(30)17-5-4-10-25-21(17)27-16-7-6-14-13-26-29-20(14)12-16/h4-12,26,29H,13,24H2,1-3H3,(H,25,27)(H,28,30). The smallest absolute Gasteiger partial charge is 0.259 e. The molecule has 0 saturated heterocycles. The number of nitrogen functional groups attached to an aromatic ring is 1. The zero-order chi connectivity index (χ0) is 21.3. The van der Waals surface area contributed by atoms with Crippen LogP contribution in [0, 0.1) is 0 Å². The normalized spacial score (nSPS) is 12.8. The Morgan fingerprint density at radius 2 is 1.90 bits per heavy atom. The Bertz CT molecular complexity index is 1100. The van der Waals surface area contributed by atoms with Crippen molar-refractivity contribution >= 4 is 34.5 Å². The highest BCUT2D eigenvalue weighted by Crippen LogP contribution is 2.30. The zero-order valence-electron chi connectivity index (χ0n) is 17.3. The fourth-order valence-electron chi connectivity index (χ4n) is 3.51. The molecule has 2 aromatic carbocycles. The van der Waals surface area contributed by atoms with Crippen molar-refractivity contribution in [1.82, 2.24) is 10.4 Å². The summed E-state index contributed by atoms with van der Waals surface area (Å²) in [5, 5.41) is 6.17. The lowest BCUT2D eigenvalue weighted by atomic mass is 9.86. The highest BCUT2D eigenvalue weighted by molar-refractivity contribution is 6.08. The van der Waals surface area contributed by atoms with Crippen LogP contribution in [0.2, 0.25) is 0 Å². The van der Waals surface area contributed by atoms with E-state index in [1.165, 1.54) is 5.56 Å². The molecule has 0 unspecified atom stereocenters. The summed E-state index contributed by atoms with van der Waals surface area (Å²) < 4.78 is 0. The van der Waals surface area contributed by atoms with Gasteiger partial charge in [0.2, 0.25) is 0 Å². The third kappa shape index (κ3) is 4.06. The number of amides is 1. The van der Waals surface area contributed by atoms with E-state index in [-0.39, 0.29) is 11.3 Å². The Hall–Kier alpha value is -3.58. The summed E-state index contributed by atoms with van der Waals surface area (Å²) in [5.41, 5.74) is 18.2. The molecule has 2 heterocycles. The lowest BCUT2D eigenvalue weighted by molar-refractivity contribution is 0.102. The molecule has 0 bridgehead atoms. The predicted molar refractivity (Wildman–Crippen MR) is 122 cm³/mol. The van der Waals surface area contributed by atoms with Gasteiger partial charge in [0.05, 0.1) is 11.3 Å². The van der Waals surface area contributed by atoms with Crippen LogP contribution < -0.4 is 27.2 Å². The monoisotopic (exact) mass is 402 g/mol. The molecule has 0 spiro atoms. The van der Waals surface area contributed by atoms with Gasteiger partial charge in [0, 0.05) is 29.8 Å². The SMILES string of the molecule is CC(C)(C)c1ccc(NC(=O)c2cccnc2Nc2ccc3c(c2)NNC3)cc1N. The minimum atomic E-state index is -0.255. The van der Waals surface area contributed by atoms with Gasteiger partial charge < -0.3 is 21.8 Å². The summed E-state index contributed by atoms with van der Waals surface area (Å²) in [4.78, 5) is 17.3. The van der Waals surface area contributed by atoms with Gasteiger partial charge in [0.25, 0.3) is 5.91 Å². The van der Waals surface area contributed by atoms with Gasteiger partial charge in [-0.1, -0.05) is 32.9 Å². The topological polar surface area (TPSA) is 104 Å². The van der Waals surface area contributed by atoms with Gasteiger partial charge in [0.15, 0.2) is 0 Å². The Morgan fingerprint density at radius 3 is 2.67 bits per heavy atom. The molecule has 0 atom stereocenters. The first-order valence-electron chi connectivity index (χ1n) is 9.86. The molecule has 0 saturated carbocycles. The molecule has 154 valence electrons. The molecule has 1 aromatic heterocycles. The van der Waals surface area contributed by atoms with Crippen molar-refractivity contribution in [2.75, 3.05) is 21.8 Å². The molecular formula is C23H26N6O. The maximum Gasteiger partial charge on any atom is 0.259 e. The van der Waals surface area contributed by atoms with Crippen molar-refractivity contribution in [3.8, 4) is 0 Å². The van der Waals surface area contributed by atoms with Crippen molar-refractivity contribution < 1.29 is 4.79 Å². The minimum absolute atomic E-state index is 0.0622. The average Bonchev–Trinajstić information content (AvgIpc) is 3.15. The van der Waals surface area contributed by atoms with Crippen LogP contribution in [-0.2, 0) is 12.0 Å².